The van der Waals surface area contributed by atoms with E-state index in [9.17, 15) is 14.0 Å². The third-order valence-corrected chi connectivity index (χ3v) is 5.35. The van der Waals surface area contributed by atoms with Gasteiger partial charge in [-0.1, -0.05) is 35.9 Å². The Morgan fingerprint density at radius 3 is 2.35 bits per heavy atom. The normalized spacial score (nSPS) is 10.7. The zero-order chi connectivity index (χ0) is 24.1. The van der Waals surface area contributed by atoms with E-state index in [1.807, 2.05) is 50.2 Å². The molecule has 0 saturated carbocycles. The van der Waals surface area contributed by atoms with E-state index < -0.39 is 0 Å². The van der Waals surface area contributed by atoms with Crippen LogP contribution in [0.25, 0.3) is 16.9 Å². The summed E-state index contributed by atoms with van der Waals surface area (Å²) in [5.41, 5.74) is 4.90. The fourth-order valence-electron chi connectivity index (χ4n) is 3.59. The second kappa shape index (κ2) is 10.1. The second-order valence-electron chi connectivity index (χ2n) is 7.92. The smallest absolute Gasteiger partial charge is 0.255 e. The first-order valence-corrected chi connectivity index (χ1v) is 11.0. The van der Waals surface area contributed by atoms with Crippen molar-refractivity contribution in [2.24, 2.45) is 0 Å². The predicted octanol–water partition coefficient (Wildman–Crippen LogP) is 4.67. The number of hydrogen-bond donors (Lipinski definition) is 2. The first-order valence-electron chi connectivity index (χ1n) is 11.0. The van der Waals surface area contributed by atoms with E-state index in [0.717, 1.165) is 16.7 Å². The van der Waals surface area contributed by atoms with Crippen molar-refractivity contribution >= 4 is 11.8 Å². The predicted molar refractivity (Wildman–Crippen MR) is 129 cm³/mol. The molecule has 7 heteroatoms. The monoisotopic (exact) mass is 456 g/mol. The molecular weight excluding hydrogens is 431 g/mol. The molecule has 1 aromatic heterocycles. The molecule has 0 unspecified atom stereocenters. The molecule has 0 spiro atoms. The average Bonchev–Trinajstić information content (AvgIpc) is 3.29. The Morgan fingerprint density at radius 1 is 0.941 bits per heavy atom. The summed E-state index contributed by atoms with van der Waals surface area (Å²) in [5.74, 6) is -0.752. The maximum absolute atomic E-state index is 13.4. The summed E-state index contributed by atoms with van der Waals surface area (Å²) in [6, 6.07) is 20.8. The van der Waals surface area contributed by atoms with Crippen LogP contribution in [0.2, 0.25) is 0 Å². The molecule has 0 fully saturated rings. The number of rotatable bonds is 7. The van der Waals surface area contributed by atoms with Crippen molar-refractivity contribution in [3.63, 3.8) is 0 Å². The molecule has 3 aromatic carbocycles. The summed E-state index contributed by atoms with van der Waals surface area (Å²) in [7, 11) is 0. The zero-order valence-electron chi connectivity index (χ0n) is 19.0. The van der Waals surface area contributed by atoms with Crippen LogP contribution in [0.1, 0.15) is 38.8 Å². The summed E-state index contributed by atoms with van der Waals surface area (Å²) < 4.78 is 15.0. The SMILES string of the molecule is CCNC(=O)c1ccc(CNC(=O)c2cn(-c3ccc(F)cc3)nc2-c2cccc(C)c2)cc1. The minimum Gasteiger partial charge on any atom is -0.352 e. The fourth-order valence-corrected chi connectivity index (χ4v) is 3.59. The maximum atomic E-state index is 13.4. The molecule has 0 aliphatic rings. The molecule has 0 bridgehead atoms. The van der Waals surface area contributed by atoms with Gasteiger partial charge in [-0.2, -0.15) is 5.10 Å². The summed E-state index contributed by atoms with van der Waals surface area (Å²) in [4.78, 5) is 25.1. The molecule has 0 radical (unpaired) electrons. The van der Waals surface area contributed by atoms with Crippen molar-refractivity contribution < 1.29 is 14.0 Å². The lowest BCUT2D eigenvalue weighted by atomic mass is 10.1. The summed E-state index contributed by atoms with van der Waals surface area (Å²) in [6.45, 7) is 4.70. The number of benzene rings is 3. The van der Waals surface area contributed by atoms with Crippen molar-refractivity contribution in [3.8, 4) is 16.9 Å². The Hall–Kier alpha value is -4.26. The van der Waals surface area contributed by atoms with Crippen LogP contribution >= 0.6 is 0 Å². The van der Waals surface area contributed by atoms with Gasteiger partial charge in [0.2, 0.25) is 0 Å². The number of hydrogen-bond acceptors (Lipinski definition) is 3. The number of aromatic nitrogens is 2. The Labute approximate surface area is 197 Å². The molecule has 4 rings (SSSR count). The number of aryl methyl sites for hydroxylation is 1. The molecule has 2 N–H and O–H groups in total. The first kappa shape index (κ1) is 22.9. The molecule has 34 heavy (non-hydrogen) atoms. The van der Waals surface area contributed by atoms with E-state index in [2.05, 4.69) is 15.7 Å². The molecule has 0 saturated heterocycles. The van der Waals surface area contributed by atoms with Crippen LogP contribution in [0.4, 0.5) is 4.39 Å². The van der Waals surface area contributed by atoms with Crippen LogP contribution in [0.5, 0.6) is 0 Å². The molecule has 1 heterocycles. The molecule has 172 valence electrons. The molecule has 0 aliphatic heterocycles. The molecule has 0 aliphatic carbocycles. The van der Waals surface area contributed by atoms with Crippen LogP contribution < -0.4 is 10.6 Å². The fraction of sp³-hybridized carbons (Fsp3) is 0.148. The number of carbonyl (C=O) groups excluding carboxylic acids is 2. The van der Waals surface area contributed by atoms with Gasteiger partial charge in [-0.15, -0.1) is 0 Å². The minimum absolute atomic E-state index is 0.130. The lowest BCUT2D eigenvalue weighted by Crippen LogP contribution is -2.24. The van der Waals surface area contributed by atoms with Crippen LogP contribution in [0.15, 0.2) is 79.0 Å². The van der Waals surface area contributed by atoms with Crippen LogP contribution in [0, 0.1) is 12.7 Å². The van der Waals surface area contributed by atoms with Crippen molar-refractivity contribution in [2.75, 3.05) is 6.54 Å². The van der Waals surface area contributed by atoms with Crippen molar-refractivity contribution in [1.29, 1.82) is 0 Å². The highest BCUT2D eigenvalue weighted by Crippen LogP contribution is 2.25. The van der Waals surface area contributed by atoms with E-state index in [-0.39, 0.29) is 17.6 Å². The topological polar surface area (TPSA) is 76.0 Å². The van der Waals surface area contributed by atoms with E-state index in [4.69, 9.17) is 0 Å². The summed E-state index contributed by atoms with van der Waals surface area (Å²) in [5, 5.41) is 10.3. The first-order chi connectivity index (χ1) is 16.4. The van der Waals surface area contributed by atoms with Crippen molar-refractivity contribution in [2.45, 2.75) is 20.4 Å². The third kappa shape index (κ3) is 5.20. The van der Waals surface area contributed by atoms with Gasteiger partial charge in [0.25, 0.3) is 11.8 Å². The minimum atomic E-state index is -0.342. The van der Waals surface area contributed by atoms with Crippen LogP contribution in [0.3, 0.4) is 0 Å². The van der Waals surface area contributed by atoms with Gasteiger partial charge in [-0.25, -0.2) is 9.07 Å². The second-order valence-corrected chi connectivity index (χ2v) is 7.92. The van der Waals surface area contributed by atoms with Crippen molar-refractivity contribution in [3.05, 3.63) is 107 Å². The largest absolute Gasteiger partial charge is 0.352 e. The van der Waals surface area contributed by atoms with E-state index in [1.54, 1.807) is 35.1 Å². The van der Waals surface area contributed by atoms with Gasteiger partial charge in [0, 0.05) is 30.4 Å². The Morgan fingerprint density at radius 2 is 1.68 bits per heavy atom. The summed E-state index contributed by atoms with van der Waals surface area (Å²) in [6.07, 6.45) is 1.65. The summed E-state index contributed by atoms with van der Waals surface area (Å²) >= 11 is 0. The van der Waals surface area contributed by atoms with Crippen molar-refractivity contribution in [1.82, 2.24) is 20.4 Å². The van der Waals surface area contributed by atoms with Gasteiger partial charge in [-0.3, -0.25) is 9.59 Å². The average molecular weight is 457 g/mol. The van der Waals surface area contributed by atoms with E-state index in [1.165, 1.54) is 12.1 Å². The number of amides is 2. The van der Waals surface area contributed by atoms with Crippen LogP contribution in [-0.4, -0.2) is 28.1 Å². The Balaban J connectivity index is 1.58. The standard InChI is InChI=1S/C27H25FN4O2/c1-3-29-26(33)20-9-7-19(8-10-20)16-30-27(34)24-17-32(23-13-11-22(28)12-14-23)31-25(24)21-6-4-5-18(2)15-21/h4-15,17H,3,16H2,1-2H3,(H,29,33)(H,30,34). The van der Waals surface area contributed by atoms with E-state index >= 15 is 0 Å². The van der Waals surface area contributed by atoms with Gasteiger partial charge < -0.3 is 10.6 Å². The third-order valence-electron chi connectivity index (χ3n) is 5.35. The Bertz CT molecular complexity index is 1310. The number of nitrogens with zero attached hydrogens (tertiary/aromatic N) is 2. The highest BCUT2D eigenvalue weighted by molar-refractivity contribution is 6.00. The number of nitrogens with one attached hydrogen (secondary N) is 2. The highest BCUT2D eigenvalue weighted by Gasteiger charge is 2.19. The number of halogens is 1. The molecule has 4 aromatic rings. The Kier molecular flexibility index (Phi) is 6.82. The molecule has 2 amide bonds. The van der Waals surface area contributed by atoms with Gasteiger partial charge in [-0.05, 0) is 61.9 Å². The van der Waals surface area contributed by atoms with Gasteiger partial charge in [0.1, 0.15) is 11.5 Å². The zero-order valence-corrected chi connectivity index (χ0v) is 19.0. The lowest BCUT2D eigenvalue weighted by Gasteiger charge is -2.07. The maximum Gasteiger partial charge on any atom is 0.255 e. The van der Waals surface area contributed by atoms with E-state index in [0.29, 0.717) is 35.6 Å². The highest BCUT2D eigenvalue weighted by atomic mass is 19.1. The quantitative estimate of drug-likeness (QED) is 0.425. The molecular formula is C27H25FN4O2. The number of carbonyl (C=O) groups is 2. The molecule has 6 nitrogen and oxygen atoms in total. The van der Waals surface area contributed by atoms with Gasteiger partial charge in [0.05, 0.1) is 11.3 Å². The lowest BCUT2D eigenvalue weighted by molar-refractivity contribution is 0.0944. The van der Waals surface area contributed by atoms with Gasteiger partial charge >= 0.3 is 0 Å². The molecule has 0 atom stereocenters. The van der Waals surface area contributed by atoms with Crippen LogP contribution in [-0.2, 0) is 6.54 Å². The van der Waals surface area contributed by atoms with Gasteiger partial charge in [0.15, 0.2) is 0 Å².